The Hall–Kier alpha value is -1.84. The van der Waals surface area contributed by atoms with Crippen LogP contribution in [0.4, 0.5) is 0 Å². The van der Waals surface area contributed by atoms with Gasteiger partial charge < -0.3 is 5.32 Å². The summed E-state index contributed by atoms with van der Waals surface area (Å²) in [7, 11) is 0. The fourth-order valence-electron chi connectivity index (χ4n) is 2.58. The second kappa shape index (κ2) is 7.16. The molecule has 1 aliphatic carbocycles. The normalized spacial score (nSPS) is 16.6. The van der Waals surface area contributed by atoms with Crippen LogP contribution in [-0.4, -0.2) is 11.9 Å². The zero-order valence-electron chi connectivity index (χ0n) is 13.1. The predicted molar refractivity (Wildman–Crippen MR) is 93.4 cm³/mol. The number of carbonyl (C=O) groups is 1. The number of rotatable bonds is 6. The van der Waals surface area contributed by atoms with Crippen molar-refractivity contribution in [3.8, 4) is 0 Å². The van der Waals surface area contributed by atoms with Gasteiger partial charge in [-0.1, -0.05) is 54.1 Å². The molecule has 0 heterocycles. The van der Waals surface area contributed by atoms with E-state index in [9.17, 15) is 4.79 Å². The Bertz CT molecular complexity index is 653. The molecule has 2 atom stereocenters. The van der Waals surface area contributed by atoms with Crippen molar-refractivity contribution < 1.29 is 4.79 Å². The summed E-state index contributed by atoms with van der Waals surface area (Å²) in [5, 5.41) is 7.26. The fraction of sp³-hybridized carbons (Fsp3) is 0.316. The van der Waals surface area contributed by atoms with E-state index >= 15 is 0 Å². The van der Waals surface area contributed by atoms with Crippen LogP contribution in [0.5, 0.6) is 0 Å². The van der Waals surface area contributed by atoms with E-state index in [-0.39, 0.29) is 18.0 Å². The summed E-state index contributed by atoms with van der Waals surface area (Å²) in [5.74, 6) is 0.0412. The molecule has 3 rings (SSSR count). The molecule has 2 aromatic rings. The van der Waals surface area contributed by atoms with Crippen LogP contribution in [-0.2, 0) is 4.79 Å². The average molecular weight is 329 g/mol. The molecule has 0 aromatic heterocycles. The third kappa shape index (κ3) is 4.34. The molecule has 2 aromatic carbocycles. The summed E-state index contributed by atoms with van der Waals surface area (Å²) in [5.41, 5.74) is 2.08. The molecule has 3 nitrogen and oxygen atoms in total. The number of benzene rings is 2. The van der Waals surface area contributed by atoms with Crippen molar-refractivity contribution in [2.45, 2.75) is 37.9 Å². The molecule has 2 N–H and O–H groups in total. The number of halogens is 1. The maximum atomic E-state index is 12.6. The number of amides is 1. The zero-order chi connectivity index (χ0) is 16.2. The van der Waals surface area contributed by atoms with Gasteiger partial charge in [0, 0.05) is 17.1 Å². The highest BCUT2D eigenvalue weighted by Gasteiger charge is 2.29. The van der Waals surface area contributed by atoms with E-state index in [2.05, 4.69) is 17.6 Å². The molecule has 1 saturated carbocycles. The molecule has 120 valence electrons. The Labute approximate surface area is 142 Å². The summed E-state index contributed by atoms with van der Waals surface area (Å²) >= 11 is 5.95. The maximum absolute atomic E-state index is 12.6. The van der Waals surface area contributed by atoms with E-state index in [1.54, 1.807) is 0 Å². The SMILES string of the molecule is C[C@@H](N[C@H](C(=O)NC1CC1)c1ccccc1)c1ccc(Cl)cc1. The van der Waals surface area contributed by atoms with Gasteiger partial charge in [-0.3, -0.25) is 10.1 Å². The molecular formula is C19H21ClN2O. The molecule has 1 amide bonds. The van der Waals surface area contributed by atoms with Crippen molar-refractivity contribution in [1.82, 2.24) is 10.6 Å². The van der Waals surface area contributed by atoms with Gasteiger partial charge in [-0.15, -0.1) is 0 Å². The van der Waals surface area contributed by atoms with Gasteiger partial charge in [-0.25, -0.2) is 0 Å². The van der Waals surface area contributed by atoms with Gasteiger partial charge in [0.2, 0.25) is 5.91 Å². The highest BCUT2D eigenvalue weighted by molar-refractivity contribution is 6.30. The molecule has 0 radical (unpaired) electrons. The van der Waals surface area contributed by atoms with E-state index < -0.39 is 0 Å². The maximum Gasteiger partial charge on any atom is 0.241 e. The Morgan fingerprint density at radius 3 is 2.30 bits per heavy atom. The Balaban J connectivity index is 1.77. The summed E-state index contributed by atoms with van der Waals surface area (Å²) in [6.45, 7) is 2.06. The standard InChI is InChI=1S/C19H21ClN2O/c1-13(14-7-9-16(20)10-8-14)21-18(15-5-3-2-4-6-15)19(23)22-17-11-12-17/h2-10,13,17-18,21H,11-12H2,1H3,(H,22,23)/t13-,18+/m1/s1. The first-order chi connectivity index (χ1) is 11.1. The van der Waals surface area contributed by atoms with E-state index in [0.29, 0.717) is 11.1 Å². The average Bonchev–Trinajstić information content (AvgIpc) is 3.37. The molecule has 0 aliphatic heterocycles. The lowest BCUT2D eigenvalue weighted by Gasteiger charge is -2.23. The summed E-state index contributed by atoms with van der Waals surface area (Å²) in [6.07, 6.45) is 2.17. The first kappa shape index (κ1) is 16.0. The number of hydrogen-bond acceptors (Lipinski definition) is 2. The summed E-state index contributed by atoms with van der Waals surface area (Å²) < 4.78 is 0. The van der Waals surface area contributed by atoms with E-state index in [1.165, 1.54) is 0 Å². The van der Waals surface area contributed by atoms with Gasteiger partial charge in [-0.2, -0.15) is 0 Å². The Kier molecular flexibility index (Phi) is 4.99. The van der Waals surface area contributed by atoms with Gasteiger partial charge in [0.25, 0.3) is 0 Å². The molecule has 23 heavy (non-hydrogen) atoms. The number of hydrogen-bond donors (Lipinski definition) is 2. The minimum Gasteiger partial charge on any atom is -0.352 e. The van der Waals surface area contributed by atoms with Crippen molar-refractivity contribution in [2.24, 2.45) is 0 Å². The lowest BCUT2D eigenvalue weighted by Crippen LogP contribution is -2.39. The lowest BCUT2D eigenvalue weighted by molar-refractivity contribution is -0.123. The van der Waals surface area contributed by atoms with Crippen LogP contribution in [0.3, 0.4) is 0 Å². The first-order valence-corrected chi connectivity index (χ1v) is 8.38. The van der Waals surface area contributed by atoms with Crippen molar-refractivity contribution in [1.29, 1.82) is 0 Å². The van der Waals surface area contributed by atoms with E-state index in [0.717, 1.165) is 24.0 Å². The first-order valence-electron chi connectivity index (χ1n) is 8.00. The van der Waals surface area contributed by atoms with Crippen LogP contribution in [0.1, 0.15) is 43.0 Å². The third-order valence-electron chi connectivity index (χ3n) is 4.11. The van der Waals surface area contributed by atoms with Crippen molar-refractivity contribution >= 4 is 17.5 Å². The molecule has 1 fully saturated rings. The zero-order valence-corrected chi connectivity index (χ0v) is 13.9. The van der Waals surface area contributed by atoms with Crippen LogP contribution < -0.4 is 10.6 Å². The molecule has 0 bridgehead atoms. The van der Waals surface area contributed by atoms with Gasteiger partial charge in [0.1, 0.15) is 6.04 Å². The summed E-state index contributed by atoms with van der Waals surface area (Å²) in [6, 6.07) is 17.6. The van der Waals surface area contributed by atoms with Crippen molar-refractivity contribution in [3.05, 3.63) is 70.7 Å². The molecule has 4 heteroatoms. The number of carbonyl (C=O) groups excluding carboxylic acids is 1. The molecule has 0 unspecified atom stereocenters. The van der Waals surface area contributed by atoms with Crippen LogP contribution in [0.25, 0.3) is 0 Å². The molecular weight excluding hydrogens is 308 g/mol. The van der Waals surface area contributed by atoms with Gasteiger partial charge in [0.05, 0.1) is 0 Å². The lowest BCUT2D eigenvalue weighted by atomic mass is 10.0. The molecule has 0 saturated heterocycles. The van der Waals surface area contributed by atoms with Crippen molar-refractivity contribution in [3.63, 3.8) is 0 Å². The highest BCUT2D eigenvalue weighted by Crippen LogP contribution is 2.24. The van der Waals surface area contributed by atoms with Crippen LogP contribution in [0.2, 0.25) is 5.02 Å². The Morgan fingerprint density at radius 2 is 1.70 bits per heavy atom. The Morgan fingerprint density at radius 1 is 1.04 bits per heavy atom. The molecule has 0 spiro atoms. The minimum atomic E-state index is -0.359. The highest BCUT2D eigenvalue weighted by atomic mass is 35.5. The van der Waals surface area contributed by atoms with Crippen LogP contribution >= 0.6 is 11.6 Å². The summed E-state index contributed by atoms with van der Waals surface area (Å²) in [4.78, 5) is 12.6. The quantitative estimate of drug-likeness (QED) is 0.841. The fourth-order valence-corrected chi connectivity index (χ4v) is 2.70. The van der Waals surface area contributed by atoms with Gasteiger partial charge in [-0.05, 0) is 43.0 Å². The van der Waals surface area contributed by atoms with Gasteiger partial charge >= 0.3 is 0 Å². The van der Waals surface area contributed by atoms with E-state index in [1.807, 2.05) is 54.6 Å². The third-order valence-corrected chi connectivity index (χ3v) is 4.36. The second-order valence-electron chi connectivity index (χ2n) is 6.07. The van der Waals surface area contributed by atoms with Crippen molar-refractivity contribution in [2.75, 3.05) is 0 Å². The smallest absolute Gasteiger partial charge is 0.241 e. The molecule has 1 aliphatic rings. The van der Waals surface area contributed by atoms with Crippen LogP contribution in [0.15, 0.2) is 54.6 Å². The van der Waals surface area contributed by atoms with Crippen LogP contribution in [0, 0.1) is 0 Å². The second-order valence-corrected chi connectivity index (χ2v) is 6.50. The topological polar surface area (TPSA) is 41.1 Å². The minimum absolute atomic E-state index is 0.0412. The largest absolute Gasteiger partial charge is 0.352 e. The van der Waals surface area contributed by atoms with Gasteiger partial charge in [0.15, 0.2) is 0 Å². The number of nitrogens with one attached hydrogen (secondary N) is 2. The predicted octanol–water partition coefficient (Wildman–Crippen LogP) is 4.01. The van der Waals surface area contributed by atoms with E-state index in [4.69, 9.17) is 11.6 Å². The monoisotopic (exact) mass is 328 g/mol.